The number of aliphatic hydroxyl groups is 1. The van der Waals surface area contributed by atoms with E-state index in [4.69, 9.17) is 14.2 Å². The Labute approximate surface area is 197 Å². The lowest BCUT2D eigenvalue weighted by Gasteiger charge is -2.23. The van der Waals surface area contributed by atoms with E-state index in [0.717, 1.165) is 0 Å². The molecule has 182 valence electrons. The van der Waals surface area contributed by atoms with Crippen LogP contribution in [0.2, 0.25) is 0 Å². The molecule has 0 radical (unpaired) electrons. The lowest BCUT2D eigenvalue weighted by Crippen LogP contribution is -2.34. The highest BCUT2D eigenvalue weighted by molar-refractivity contribution is 5.90. The number of aliphatic hydroxyl groups excluding tert-OH is 1. The first kappa shape index (κ1) is 22.5. The number of fused-ring (bicyclic) bond motifs is 1. The van der Waals surface area contributed by atoms with E-state index in [2.05, 4.69) is 9.97 Å². The molecule has 2 aromatic heterocycles. The van der Waals surface area contributed by atoms with Crippen molar-refractivity contribution in [2.45, 2.75) is 25.7 Å². The first-order valence-corrected chi connectivity index (χ1v) is 10.7. The Kier molecular flexibility index (Phi) is 5.68. The van der Waals surface area contributed by atoms with Gasteiger partial charge in [-0.2, -0.15) is 0 Å². The molecule has 0 spiro atoms. The number of benzene rings is 1. The van der Waals surface area contributed by atoms with E-state index in [1.54, 1.807) is 31.2 Å². The molecular weight excluding hydrogens is 465 g/mol. The molecule has 35 heavy (non-hydrogen) atoms. The average Bonchev–Trinajstić information content (AvgIpc) is 3.43. The third-order valence-electron chi connectivity index (χ3n) is 5.69. The average molecular weight is 485 g/mol. The lowest BCUT2D eigenvalue weighted by molar-refractivity contribution is -0.389. The Balaban J connectivity index is 1.30. The quantitative estimate of drug-likeness (QED) is 0.411. The van der Waals surface area contributed by atoms with Crippen LogP contribution in [-0.4, -0.2) is 62.6 Å². The summed E-state index contributed by atoms with van der Waals surface area (Å²) in [6.07, 6.45) is -0.452. The molecule has 1 aromatic carbocycles. The first-order valence-electron chi connectivity index (χ1n) is 10.7. The van der Waals surface area contributed by atoms with Crippen LogP contribution >= 0.6 is 0 Å². The van der Waals surface area contributed by atoms with E-state index in [0.29, 0.717) is 34.9 Å². The van der Waals surface area contributed by atoms with Gasteiger partial charge in [0.15, 0.2) is 6.10 Å². The Morgan fingerprint density at radius 1 is 1.26 bits per heavy atom. The van der Waals surface area contributed by atoms with Crippen molar-refractivity contribution in [2.24, 2.45) is 0 Å². The van der Waals surface area contributed by atoms with Gasteiger partial charge >= 0.3 is 17.9 Å². The van der Waals surface area contributed by atoms with Crippen LogP contribution in [0.1, 0.15) is 5.69 Å². The minimum Gasteiger partial charge on any atom is -0.469 e. The number of amides is 1. The summed E-state index contributed by atoms with van der Waals surface area (Å²) in [5.74, 6) is -0.553. The van der Waals surface area contributed by atoms with Crippen LogP contribution in [0, 0.1) is 22.9 Å². The highest BCUT2D eigenvalue weighted by Gasteiger charge is 2.32. The van der Waals surface area contributed by atoms with Crippen molar-refractivity contribution in [3.8, 4) is 23.0 Å². The molecule has 1 fully saturated rings. The van der Waals surface area contributed by atoms with Crippen LogP contribution in [0.4, 0.5) is 20.7 Å². The number of cyclic esters (lactones) is 1. The van der Waals surface area contributed by atoms with Gasteiger partial charge in [-0.05, 0) is 36.1 Å². The van der Waals surface area contributed by atoms with Crippen LogP contribution in [-0.2, 0) is 11.3 Å². The van der Waals surface area contributed by atoms with Gasteiger partial charge in [0.25, 0.3) is 0 Å². The van der Waals surface area contributed by atoms with E-state index in [1.165, 1.54) is 21.7 Å². The molecule has 12 nitrogen and oxygen atoms in total. The van der Waals surface area contributed by atoms with Gasteiger partial charge < -0.3 is 29.4 Å². The number of ether oxygens (including phenoxy) is 3. The van der Waals surface area contributed by atoms with Gasteiger partial charge in [0, 0.05) is 27.9 Å². The van der Waals surface area contributed by atoms with Gasteiger partial charge in [0.2, 0.25) is 5.88 Å². The molecule has 0 bridgehead atoms. The molecule has 5 rings (SSSR count). The molecule has 3 aromatic rings. The number of halogens is 1. The second kappa shape index (κ2) is 8.83. The minimum atomic E-state index is -0.644. The smallest absolute Gasteiger partial charge is 0.414 e. The summed E-state index contributed by atoms with van der Waals surface area (Å²) in [5.41, 5.74) is 1.69. The molecule has 2 atom stereocenters. The lowest BCUT2D eigenvalue weighted by atomic mass is 10.0. The van der Waals surface area contributed by atoms with Gasteiger partial charge in [-0.1, -0.05) is 0 Å². The monoisotopic (exact) mass is 485 g/mol. The van der Waals surface area contributed by atoms with Crippen LogP contribution in [0.5, 0.6) is 11.9 Å². The molecule has 1 amide bonds. The standard InChI is InChI=1S/C22H20FN5O7/c1-12-16(17-3-2-13(6-18(17)23)27-8-14(10-29)35-22(27)30)4-5-20(24-12)34-15-7-26-9-19(28(31)32)25-21(26)33-11-15/h2-6,9,14-15,29H,7-8,10-11H2,1H3/t14-,15-/m0/s1. The third kappa shape index (κ3) is 4.33. The number of rotatable bonds is 6. The summed E-state index contributed by atoms with van der Waals surface area (Å²) >= 11 is 0. The number of aromatic nitrogens is 3. The normalized spacial score (nSPS) is 19.2. The molecule has 2 aliphatic heterocycles. The van der Waals surface area contributed by atoms with Crippen molar-refractivity contribution in [3.05, 3.63) is 58.2 Å². The predicted octanol–water partition coefficient (Wildman–Crippen LogP) is 2.46. The van der Waals surface area contributed by atoms with Crippen LogP contribution < -0.4 is 14.4 Å². The number of carbonyl (C=O) groups is 1. The van der Waals surface area contributed by atoms with Crippen molar-refractivity contribution in [1.82, 2.24) is 14.5 Å². The molecule has 1 saturated heterocycles. The van der Waals surface area contributed by atoms with Gasteiger partial charge in [-0.25, -0.2) is 14.2 Å². The maximum Gasteiger partial charge on any atom is 0.414 e. The fourth-order valence-corrected chi connectivity index (χ4v) is 4.01. The third-order valence-corrected chi connectivity index (χ3v) is 5.69. The zero-order valence-corrected chi connectivity index (χ0v) is 18.5. The van der Waals surface area contributed by atoms with Gasteiger partial charge in [0.05, 0.1) is 25.4 Å². The second-order valence-corrected chi connectivity index (χ2v) is 8.09. The molecular formula is C22H20FN5O7. The molecule has 2 aliphatic rings. The van der Waals surface area contributed by atoms with Crippen molar-refractivity contribution in [2.75, 3.05) is 24.7 Å². The fraction of sp³-hybridized carbons (Fsp3) is 0.318. The number of nitro groups is 1. The number of carbonyl (C=O) groups excluding carboxylic acids is 1. The summed E-state index contributed by atoms with van der Waals surface area (Å²) in [4.78, 5) is 31.8. The maximum atomic E-state index is 15.0. The summed E-state index contributed by atoms with van der Waals surface area (Å²) in [6.45, 7) is 1.99. The van der Waals surface area contributed by atoms with Crippen molar-refractivity contribution < 1.29 is 33.4 Å². The topological polar surface area (TPSA) is 142 Å². The molecule has 0 unspecified atom stereocenters. The van der Waals surface area contributed by atoms with Crippen LogP contribution in [0.25, 0.3) is 11.1 Å². The number of hydrogen-bond donors (Lipinski definition) is 1. The fourth-order valence-electron chi connectivity index (χ4n) is 4.01. The first-order chi connectivity index (χ1) is 16.8. The SMILES string of the molecule is Cc1nc(O[C@@H]2COc3nc([N+](=O)[O-])cn3C2)ccc1-c1ccc(N2C[C@@H](CO)OC2=O)cc1F. The van der Waals surface area contributed by atoms with Gasteiger partial charge in [0.1, 0.15) is 24.7 Å². The summed E-state index contributed by atoms with van der Waals surface area (Å²) in [5, 5.41) is 20.1. The zero-order chi connectivity index (χ0) is 24.7. The molecule has 4 heterocycles. The predicted molar refractivity (Wildman–Crippen MR) is 118 cm³/mol. The number of nitrogens with zero attached hydrogens (tertiary/aromatic N) is 5. The van der Waals surface area contributed by atoms with Crippen molar-refractivity contribution in [1.29, 1.82) is 0 Å². The molecule has 13 heteroatoms. The number of imidazole rings is 1. The van der Waals surface area contributed by atoms with E-state index in [-0.39, 0.29) is 31.6 Å². The second-order valence-electron chi connectivity index (χ2n) is 8.09. The largest absolute Gasteiger partial charge is 0.469 e. The maximum absolute atomic E-state index is 15.0. The van der Waals surface area contributed by atoms with Gasteiger partial charge in [-0.3, -0.25) is 9.47 Å². The Morgan fingerprint density at radius 3 is 2.74 bits per heavy atom. The number of pyridine rings is 1. The van der Waals surface area contributed by atoms with Crippen molar-refractivity contribution >= 4 is 17.6 Å². The van der Waals surface area contributed by atoms with Crippen LogP contribution in [0.15, 0.2) is 36.5 Å². The zero-order valence-electron chi connectivity index (χ0n) is 18.5. The number of anilines is 1. The molecule has 0 aliphatic carbocycles. The van der Waals surface area contributed by atoms with E-state index >= 15 is 0 Å². The summed E-state index contributed by atoms with van der Waals surface area (Å²) in [7, 11) is 0. The van der Waals surface area contributed by atoms with E-state index < -0.39 is 29.0 Å². The Hall–Kier alpha value is -4.26. The Bertz CT molecular complexity index is 1310. The molecule has 0 saturated carbocycles. The number of hydrogen-bond acceptors (Lipinski definition) is 9. The highest BCUT2D eigenvalue weighted by Crippen LogP contribution is 2.32. The Morgan fingerprint density at radius 2 is 2.06 bits per heavy atom. The van der Waals surface area contributed by atoms with Crippen LogP contribution in [0.3, 0.4) is 0 Å². The minimum absolute atomic E-state index is 0.138. The summed E-state index contributed by atoms with van der Waals surface area (Å²) < 4.78 is 32.8. The molecule has 1 N–H and O–H groups in total. The van der Waals surface area contributed by atoms with E-state index in [1.807, 2.05) is 0 Å². The highest BCUT2D eigenvalue weighted by atomic mass is 19.1. The number of aryl methyl sites for hydroxylation is 1. The van der Waals surface area contributed by atoms with E-state index in [9.17, 15) is 24.4 Å². The van der Waals surface area contributed by atoms with Crippen molar-refractivity contribution in [3.63, 3.8) is 0 Å². The van der Waals surface area contributed by atoms with Gasteiger partial charge in [-0.15, -0.1) is 0 Å². The summed E-state index contributed by atoms with van der Waals surface area (Å²) in [6, 6.07) is 7.83.